The van der Waals surface area contributed by atoms with E-state index in [4.69, 9.17) is 11.7 Å². The zero-order valence-electron chi connectivity index (χ0n) is 14.6. The molecule has 0 saturated heterocycles. The fourth-order valence-electron chi connectivity index (χ4n) is 2.66. The molecule has 0 aliphatic carbocycles. The molecule has 6 N–H and O–H groups in total. The van der Waals surface area contributed by atoms with E-state index in [2.05, 4.69) is 10.9 Å². The van der Waals surface area contributed by atoms with Crippen LogP contribution in [0.3, 0.4) is 0 Å². The molecule has 0 heterocycles. The Labute approximate surface area is 141 Å². The van der Waals surface area contributed by atoms with Crippen molar-refractivity contribution < 1.29 is 9.59 Å². The van der Waals surface area contributed by atoms with Crippen LogP contribution in [-0.2, 0) is 9.59 Å². The fraction of sp³-hybridized carbons (Fsp3) is 0.882. The van der Waals surface area contributed by atoms with Gasteiger partial charge in [0.05, 0.1) is 0 Å². The van der Waals surface area contributed by atoms with E-state index in [1.54, 1.807) is 0 Å². The maximum atomic E-state index is 10.9. The van der Waals surface area contributed by atoms with Crippen LogP contribution in [0.2, 0.25) is 0 Å². The van der Waals surface area contributed by atoms with E-state index in [0.717, 1.165) is 25.7 Å². The molecule has 6 nitrogen and oxygen atoms in total. The van der Waals surface area contributed by atoms with Crippen molar-refractivity contribution in [2.24, 2.45) is 11.7 Å². The molecular formula is C17H36N4O2. The van der Waals surface area contributed by atoms with Crippen molar-refractivity contribution in [3.63, 3.8) is 0 Å². The quantitative estimate of drug-likeness (QED) is 0.151. The van der Waals surface area contributed by atoms with Crippen molar-refractivity contribution in [3.05, 3.63) is 0 Å². The number of hydrogen-bond acceptors (Lipinski definition) is 4. The van der Waals surface area contributed by atoms with Crippen LogP contribution in [0.25, 0.3) is 0 Å². The Kier molecular flexibility index (Phi) is 16.4. The normalized spacial score (nSPS) is 10.5. The van der Waals surface area contributed by atoms with Crippen molar-refractivity contribution in [1.82, 2.24) is 10.9 Å². The Hall–Kier alpha value is -1.14. The number of hydrazine groups is 2. The summed E-state index contributed by atoms with van der Waals surface area (Å²) in [6.07, 6.45) is 16.8. The number of unbranched alkanes of at least 4 members (excludes halogenated alkanes) is 12. The van der Waals surface area contributed by atoms with Gasteiger partial charge in [-0.3, -0.25) is 20.4 Å². The summed E-state index contributed by atoms with van der Waals surface area (Å²) in [7, 11) is 0. The lowest BCUT2D eigenvalue weighted by Crippen LogP contribution is -2.29. The molecule has 0 radical (unpaired) electrons. The van der Waals surface area contributed by atoms with E-state index in [9.17, 15) is 9.59 Å². The van der Waals surface area contributed by atoms with Gasteiger partial charge in [-0.2, -0.15) is 0 Å². The van der Waals surface area contributed by atoms with Crippen molar-refractivity contribution >= 4 is 11.8 Å². The number of carbonyl (C=O) groups excluding carboxylic acids is 2. The molecule has 0 spiro atoms. The van der Waals surface area contributed by atoms with Crippen molar-refractivity contribution in [3.8, 4) is 0 Å². The average Bonchev–Trinajstić information content (AvgIpc) is 2.57. The molecule has 6 heteroatoms. The molecule has 0 aliphatic heterocycles. The predicted molar refractivity (Wildman–Crippen MR) is 93.9 cm³/mol. The summed E-state index contributed by atoms with van der Waals surface area (Å²) < 4.78 is 0. The smallest absolute Gasteiger partial charge is 0.233 e. The molecule has 0 unspecified atom stereocenters. The average molecular weight is 329 g/mol. The second kappa shape index (κ2) is 17.2. The van der Waals surface area contributed by atoms with E-state index in [1.165, 1.54) is 57.8 Å². The van der Waals surface area contributed by atoms with E-state index in [-0.39, 0.29) is 11.8 Å². The molecule has 0 atom stereocenters. The van der Waals surface area contributed by atoms with Crippen LogP contribution in [0, 0.1) is 0 Å². The first-order chi connectivity index (χ1) is 11.2. The molecule has 0 aliphatic rings. The molecule has 136 valence electrons. The molecule has 23 heavy (non-hydrogen) atoms. The lowest BCUT2D eigenvalue weighted by Gasteiger charge is -2.03. The molecule has 2 amide bonds. The number of hydrogen-bond donors (Lipinski definition) is 4. The summed E-state index contributed by atoms with van der Waals surface area (Å²) >= 11 is 0. The van der Waals surface area contributed by atoms with E-state index in [1.807, 2.05) is 0 Å². The first-order valence-corrected chi connectivity index (χ1v) is 9.19. The molecule has 0 rings (SSSR count). The SMILES string of the molecule is NNC(=O)CCCCCCCCCCCCCCCC(=O)NN. The maximum Gasteiger partial charge on any atom is 0.233 e. The van der Waals surface area contributed by atoms with Gasteiger partial charge in [-0.05, 0) is 12.8 Å². The van der Waals surface area contributed by atoms with Crippen molar-refractivity contribution in [1.29, 1.82) is 0 Å². The van der Waals surface area contributed by atoms with Crippen molar-refractivity contribution in [2.45, 2.75) is 96.3 Å². The van der Waals surface area contributed by atoms with Gasteiger partial charge in [-0.1, -0.05) is 70.6 Å². The monoisotopic (exact) mass is 328 g/mol. The Bertz CT molecular complexity index is 270. The Morgan fingerprint density at radius 3 is 0.913 bits per heavy atom. The molecule has 0 bridgehead atoms. The van der Waals surface area contributed by atoms with Gasteiger partial charge in [-0.15, -0.1) is 0 Å². The second-order valence-corrected chi connectivity index (χ2v) is 6.23. The van der Waals surface area contributed by atoms with Gasteiger partial charge in [0, 0.05) is 12.8 Å². The minimum Gasteiger partial charge on any atom is -0.294 e. The minimum absolute atomic E-state index is 0.0624. The third kappa shape index (κ3) is 17.1. The van der Waals surface area contributed by atoms with Gasteiger partial charge in [0.2, 0.25) is 11.8 Å². The number of nitrogens with two attached hydrogens (primary N) is 2. The van der Waals surface area contributed by atoms with Crippen LogP contribution in [-0.4, -0.2) is 11.8 Å². The summed E-state index contributed by atoms with van der Waals surface area (Å²) in [5.74, 6) is 9.92. The van der Waals surface area contributed by atoms with Crippen molar-refractivity contribution in [2.75, 3.05) is 0 Å². The molecule has 0 aromatic carbocycles. The van der Waals surface area contributed by atoms with Crippen LogP contribution >= 0.6 is 0 Å². The van der Waals surface area contributed by atoms with Crippen LogP contribution in [0.4, 0.5) is 0 Å². The molecule has 0 saturated carbocycles. The van der Waals surface area contributed by atoms with Gasteiger partial charge in [0.1, 0.15) is 0 Å². The highest BCUT2D eigenvalue weighted by molar-refractivity contribution is 5.75. The standard InChI is InChI=1S/C17H36N4O2/c18-20-16(22)14-12-10-8-6-4-2-1-3-5-7-9-11-13-15-17(23)21-19/h1-15,18-19H2,(H,20,22)(H,21,23). The van der Waals surface area contributed by atoms with Gasteiger partial charge in [0.25, 0.3) is 0 Å². The highest BCUT2D eigenvalue weighted by Crippen LogP contribution is 2.13. The largest absolute Gasteiger partial charge is 0.294 e. The van der Waals surface area contributed by atoms with Crippen LogP contribution in [0.5, 0.6) is 0 Å². The van der Waals surface area contributed by atoms with Crippen LogP contribution in [0.1, 0.15) is 96.3 Å². The molecule has 0 aromatic rings. The zero-order valence-corrected chi connectivity index (χ0v) is 14.6. The zero-order chi connectivity index (χ0) is 17.2. The highest BCUT2D eigenvalue weighted by Gasteiger charge is 1.99. The van der Waals surface area contributed by atoms with E-state index >= 15 is 0 Å². The highest BCUT2D eigenvalue weighted by atomic mass is 16.2. The summed E-state index contributed by atoms with van der Waals surface area (Å²) in [5.41, 5.74) is 4.31. The summed E-state index contributed by atoms with van der Waals surface area (Å²) in [6, 6.07) is 0. The van der Waals surface area contributed by atoms with Crippen LogP contribution in [0.15, 0.2) is 0 Å². The van der Waals surface area contributed by atoms with E-state index in [0.29, 0.717) is 12.8 Å². The Morgan fingerprint density at radius 2 is 0.696 bits per heavy atom. The third-order valence-electron chi connectivity index (χ3n) is 4.13. The summed E-state index contributed by atoms with van der Waals surface area (Å²) in [4.78, 5) is 21.8. The number of rotatable bonds is 16. The number of carbonyl (C=O) groups is 2. The third-order valence-corrected chi connectivity index (χ3v) is 4.13. The minimum atomic E-state index is -0.0624. The first-order valence-electron chi connectivity index (χ1n) is 9.19. The predicted octanol–water partition coefficient (Wildman–Crippen LogP) is 2.82. The van der Waals surface area contributed by atoms with Crippen LogP contribution < -0.4 is 22.5 Å². The summed E-state index contributed by atoms with van der Waals surface area (Å²) in [5, 5.41) is 0. The summed E-state index contributed by atoms with van der Waals surface area (Å²) in [6.45, 7) is 0. The topological polar surface area (TPSA) is 110 Å². The number of nitrogens with one attached hydrogen (secondary N) is 2. The lowest BCUT2D eigenvalue weighted by atomic mass is 10.0. The molecule has 0 fully saturated rings. The van der Waals surface area contributed by atoms with Gasteiger partial charge < -0.3 is 0 Å². The number of amides is 2. The molecule has 0 aromatic heterocycles. The maximum absolute atomic E-state index is 10.9. The second-order valence-electron chi connectivity index (χ2n) is 6.23. The van der Waals surface area contributed by atoms with Gasteiger partial charge >= 0.3 is 0 Å². The van der Waals surface area contributed by atoms with Gasteiger partial charge in [0.15, 0.2) is 0 Å². The van der Waals surface area contributed by atoms with E-state index < -0.39 is 0 Å². The first kappa shape index (κ1) is 21.9. The Balaban J connectivity index is 3.05. The Morgan fingerprint density at radius 1 is 0.478 bits per heavy atom. The molecular weight excluding hydrogens is 292 g/mol. The van der Waals surface area contributed by atoms with Gasteiger partial charge in [-0.25, -0.2) is 11.7 Å². The fourth-order valence-corrected chi connectivity index (χ4v) is 2.66. The lowest BCUT2D eigenvalue weighted by molar-refractivity contribution is -0.122.